The van der Waals surface area contributed by atoms with Gasteiger partial charge in [-0.05, 0) is 42.5 Å². The lowest BCUT2D eigenvalue weighted by Crippen LogP contribution is -2.24. The maximum absolute atomic E-state index is 13.0. The van der Waals surface area contributed by atoms with E-state index in [1.165, 1.54) is 36.7 Å². The summed E-state index contributed by atoms with van der Waals surface area (Å²) in [6.45, 7) is -0.0676. The molecule has 0 aliphatic carbocycles. The van der Waals surface area contributed by atoms with Crippen molar-refractivity contribution >= 4 is 33.2 Å². The van der Waals surface area contributed by atoms with Crippen molar-refractivity contribution in [2.75, 3.05) is 0 Å². The first-order valence-corrected chi connectivity index (χ1v) is 9.61. The van der Waals surface area contributed by atoms with E-state index in [1.54, 1.807) is 18.2 Å². The van der Waals surface area contributed by atoms with Crippen LogP contribution in [-0.4, -0.2) is 18.4 Å². The summed E-state index contributed by atoms with van der Waals surface area (Å²) in [7, 11) is -3.87. The molecule has 0 saturated heterocycles. The molecule has 0 amide bonds. The van der Waals surface area contributed by atoms with Crippen molar-refractivity contribution in [2.24, 2.45) is 0 Å². The third kappa shape index (κ3) is 4.19. The Kier molecular flexibility index (Phi) is 5.52. The number of sulfonamides is 1. The normalized spacial score (nSPS) is 11.5. The van der Waals surface area contributed by atoms with Crippen LogP contribution >= 0.6 is 23.2 Å². The summed E-state index contributed by atoms with van der Waals surface area (Å²) in [5, 5.41) is 0.103. The Morgan fingerprint density at radius 1 is 1.04 bits per heavy atom. The van der Waals surface area contributed by atoms with Crippen molar-refractivity contribution in [1.82, 2.24) is 14.7 Å². The van der Waals surface area contributed by atoms with E-state index in [-0.39, 0.29) is 27.3 Å². The van der Waals surface area contributed by atoms with Gasteiger partial charge in [0.25, 0.3) is 0 Å². The molecule has 1 heterocycles. The van der Waals surface area contributed by atoms with Crippen LogP contribution in [0.1, 0.15) is 5.69 Å². The van der Waals surface area contributed by atoms with Crippen LogP contribution in [-0.2, 0) is 16.6 Å². The van der Waals surface area contributed by atoms with E-state index in [9.17, 15) is 12.8 Å². The number of nitrogens with one attached hydrogen (secondary N) is 1. The third-order valence-electron chi connectivity index (χ3n) is 3.51. The monoisotopic (exact) mass is 411 g/mol. The Morgan fingerprint density at radius 2 is 1.77 bits per heavy atom. The summed E-state index contributed by atoms with van der Waals surface area (Å²) < 4.78 is 40.3. The fourth-order valence-electron chi connectivity index (χ4n) is 2.21. The molecule has 1 aromatic heterocycles. The topological polar surface area (TPSA) is 72.0 Å². The molecule has 26 heavy (non-hydrogen) atoms. The standard InChI is InChI=1S/C17H12Cl2FN3O2S/c18-14-2-1-3-16(17(14)19)26(24,25)23-9-13-8-15(22-10-21-13)11-4-6-12(20)7-5-11/h1-8,10,23H,9H2. The molecule has 9 heteroatoms. The van der Waals surface area contributed by atoms with Crippen molar-refractivity contribution in [2.45, 2.75) is 11.4 Å². The molecule has 1 N–H and O–H groups in total. The quantitative estimate of drug-likeness (QED) is 0.686. The maximum atomic E-state index is 13.0. The molecule has 3 aromatic rings. The van der Waals surface area contributed by atoms with E-state index < -0.39 is 10.0 Å². The smallest absolute Gasteiger partial charge is 0.240 e. The van der Waals surface area contributed by atoms with Crippen LogP contribution in [0.4, 0.5) is 4.39 Å². The fraction of sp³-hybridized carbons (Fsp3) is 0.0588. The summed E-state index contributed by atoms with van der Waals surface area (Å²) in [5.74, 6) is -0.353. The van der Waals surface area contributed by atoms with Crippen molar-refractivity contribution in [3.05, 3.63) is 76.4 Å². The lowest BCUT2D eigenvalue weighted by molar-refractivity contribution is 0.580. The average molecular weight is 412 g/mol. The predicted molar refractivity (Wildman–Crippen MR) is 97.9 cm³/mol. The molecular weight excluding hydrogens is 400 g/mol. The molecule has 0 radical (unpaired) electrons. The van der Waals surface area contributed by atoms with Crippen molar-refractivity contribution < 1.29 is 12.8 Å². The molecule has 134 valence electrons. The van der Waals surface area contributed by atoms with Gasteiger partial charge in [-0.2, -0.15) is 0 Å². The average Bonchev–Trinajstić information content (AvgIpc) is 2.63. The highest BCUT2D eigenvalue weighted by atomic mass is 35.5. The Labute approximate surface area is 159 Å². The molecule has 2 aromatic carbocycles. The predicted octanol–water partition coefficient (Wildman–Crippen LogP) is 4.07. The SMILES string of the molecule is O=S(=O)(NCc1cc(-c2ccc(F)cc2)ncn1)c1cccc(Cl)c1Cl. The van der Waals surface area contributed by atoms with Crippen LogP contribution < -0.4 is 4.72 Å². The van der Waals surface area contributed by atoms with Crippen molar-refractivity contribution in [1.29, 1.82) is 0 Å². The first-order valence-electron chi connectivity index (χ1n) is 7.37. The number of halogens is 3. The zero-order valence-corrected chi connectivity index (χ0v) is 15.5. The number of rotatable bonds is 5. The first-order chi connectivity index (χ1) is 12.4. The van der Waals surface area contributed by atoms with Crippen LogP contribution in [0.15, 0.2) is 59.8 Å². The first kappa shape index (κ1) is 18.7. The van der Waals surface area contributed by atoms with Crippen molar-refractivity contribution in [3.63, 3.8) is 0 Å². The second kappa shape index (κ2) is 7.67. The second-order valence-electron chi connectivity index (χ2n) is 5.28. The molecule has 0 aliphatic rings. The van der Waals surface area contributed by atoms with Gasteiger partial charge in [-0.15, -0.1) is 0 Å². The lowest BCUT2D eigenvalue weighted by Gasteiger charge is -2.09. The minimum Gasteiger partial charge on any atom is -0.240 e. The van der Waals surface area contributed by atoms with E-state index in [1.807, 2.05) is 0 Å². The highest BCUT2D eigenvalue weighted by molar-refractivity contribution is 7.89. The van der Waals surface area contributed by atoms with Gasteiger partial charge in [0.15, 0.2) is 0 Å². The Bertz CT molecular complexity index is 1040. The zero-order valence-electron chi connectivity index (χ0n) is 13.2. The molecule has 3 rings (SSSR count). The van der Waals surface area contributed by atoms with Crippen LogP contribution in [0.5, 0.6) is 0 Å². The van der Waals surface area contributed by atoms with Crippen molar-refractivity contribution in [3.8, 4) is 11.3 Å². The Balaban J connectivity index is 1.80. The van der Waals surface area contributed by atoms with Gasteiger partial charge >= 0.3 is 0 Å². The second-order valence-corrected chi connectivity index (χ2v) is 7.80. The van der Waals surface area contributed by atoms with Crippen LogP contribution in [0.25, 0.3) is 11.3 Å². The highest BCUT2D eigenvalue weighted by Crippen LogP contribution is 2.28. The molecule has 0 fully saturated rings. The number of hydrogen-bond acceptors (Lipinski definition) is 4. The van der Waals surface area contributed by atoms with E-state index in [0.717, 1.165) is 0 Å². The summed E-state index contributed by atoms with van der Waals surface area (Å²) in [6.07, 6.45) is 1.31. The molecule has 0 bridgehead atoms. The van der Waals surface area contributed by atoms with Crippen LogP contribution in [0, 0.1) is 5.82 Å². The van der Waals surface area contributed by atoms with Gasteiger partial charge in [-0.1, -0.05) is 29.3 Å². The van der Waals surface area contributed by atoms with E-state index in [4.69, 9.17) is 23.2 Å². The largest absolute Gasteiger partial charge is 0.242 e. The van der Waals surface area contributed by atoms with Gasteiger partial charge < -0.3 is 0 Å². The minimum absolute atomic E-state index is 0.0450. The summed E-state index contributed by atoms with van der Waals surface area (Å²) in [4.78, 5) is 8.05. The molecule has 0 spiro atoms. The van der Waals surface area contributed by atoms with Gasteiger partial charge in [0.2, 0.25) is 10.0 Å². The van der Waals surface area contributed by atoms with E-state index >= 15 is 0 Å². The molecule has 5 nitrogen and oxygen atoms in total. The molecule has 0 atom stereocenters. The number of nitrogens with zero attached hydrogens (tertiary/aromatic N) is 2. The highest BCUT2D eigenvalue weighted by Gasteiger charge is 2.19. The summed E-state index contributed by atoms with van der Waals surface area (Å²) >= 11 is 11.8. The molecular formula is C17H12Cl2FN3O2S. The molecule has 0 saturated carbocycles. The lowest BCUT2D eigenvalue weighted by atomic mass is 10.1. The van der Waals surface area contributed by atoms with Gasteiger partial charge in [-0.25, -0.2) is 27.5 Å². The Hall–Kier alpha value is -2.06. The number of hydrogen-bond donors (Lipinski definition) is 1. The van der Waals surface area contributed by atoms with Gasteiger partial charge in [0, 0.05) is 5.56 Å². The van der Waals surface area contributed by atoms with E-state index in [2.05, 4.69) is 14.7 Å². The summed E-state index contributed by atoms with van der Waals surface area (Å²) in [6, 6.07) is 11.8. The number of aromatic nitrogens is 2. The molecule has 0 unspecified atom stereocenters. The fourth-order valence-corrected chi connectivity index (χ4v) is 3.97. The minimum atomic E-state index is -3.87. The summed E-state index contributed by atoms with van der Waals surface area (Å²) in [5.41, 5.74) is 1.69. The third-order valence-corrected chi connectivity index (χ3v) is 5.89. The zero-order chi connectivity index (χ0) is 18.7. The van der Waals surface area contributed by atoms with Gasteiger partial charge in [0.05, 0.1) is 28.0 Å². The van der Waals surface area contributed by atoms with Gasteiger partial charge in [0.1, 0.15) is 17.0 Å². The van der Waals surface area contributed by atoms with Gasteiger partial charge in [-0.3, -0.25) is 0 Å². The van der Waals surface area contributed by atoms with Crippen LogP contribution in [0.2, 0.25) is 10.0 Å². The maximum Gasteiger partial charge on any atom is 0.242 e. The van der Waals surface area contributed by atoms with E-state index in [0.29, 0.717) is 17.0 Å². The van der Waals surface area contributed by atoms with Crippen LogP contribution in [0.3, 0.4) is 0 Å². The Morgan fingerprint density at radius 3 is 2.50 bits per heavy atom. The molecule has 0 aliphatic heterocycles. The number of benzene rings is 2.